The first-order valence-electron chi connectivity index (χ1n) is 5.14. The summed E-state index contributed by atoms with van der Waals surface area (Å²) in [4.78, 5) is 0. The van der Waals surface area contributed by atoms with Gasteiger partial charge in [-0.15, -0.1) is 0 Å². The van der Waals surface area contributed by atoms with Crippen LogP contribution >= 0.6 is 29.1 Å². The summed E-state index contributed by atoms with van der Waals surface area (Å²) in [5, 5.41) is 0.911. The molecular weight excluding hydrogens is 274 g/mol. The fourth-order valence-corrected chi connectivity index (χ4v) is 2.47. The lowest BCUT2D eigenvalue weighted by Crippen LogP contribution is -1.99. The van der Waals surface area contributed by atoms with Crippen LogP contribution in [0.1, 0.15) is 5.56 Å². The topological polar surface area (TPSA) is 9.23 Å². The van der Waals surface area contributed by atoms with Gasteiger partial charge in [0.2, 0.25) is 0 Å². The van der Waals surface area contributed by atoms with Gasteiger partial charge in [0.25, 0.3) is 0 Å². The molecule has 2 aromatic rings. The van der Waals surface area contributed by atoms with Gasteiger partial charge in [0.1, 0.15) is 19.0 Å². The van der Waals surface area contributed by atoms with Crippen LogP contribution in [0.25, 0.3) is 0 Å². The zero-order valence-corrected chi connectivity index (χ0v) is 11.4. The molecule has 0 fully saturated rings. The third-order valence-electron chi connectivity index (χ3n) is 2.26. The van der Waals surface area contributed by atoms with Crippen molar-refractivity contribution in [3.05, 3.63) is 60.2 Å². The van der Waals surface area contributed by atoms with Gasteiger partial charge in [-0.05, 0) is 17.7 Å². The second-order valence-corrected chi connectivity index (χ2v) is 7.03. The minimum Gasteiger partial charge on any atom is -0.489 e. The number of rotatable bonds is 4. The molecule has 0 amide bonds. The monoisotopic (exact) mass is 284 g/mol. The van der Waals surface area contributed by atoms with Crippen LogP contribution in [0.15, 0.2) is 54.6 Å². The summed E-state index contributed by atoms with van der Waals surface area (Å²) in [7, 11) is 0. The molecule has 0 aromatic heterocycles. The molecule has 2 rings (SSSR count). The van der Waals surface area contributed by atoms with E-state index in [2.05, 4.69) is 0 Å². The Bertz CT molecular complexity index is 474. The Labute approximate surface area is 112 Å². The maximum absolute atomic E-state index is 5.87. The number of benzene rings is 2. The van der Waals surface area contributed by atoms with Crippen molar-refractivity contribution in [2.45, 2.75) is 6.61 Å². The Morgan fingerprint density at radius 2 is 1.71 bits per heavy atom. The molecule has 17 heavy (non-hydrogen) atoms. The Morgan fingerprint density at radius 3 is 2.41 bits per heavy atom. The molecule has 1 nitrogen and oxygen atoms in total. The van der Waals surface area contributed by atoms with Gasteiger partial charge < -0.3 is 4.74 Å². The highest BCUT2D eigenvalue weighted by Crippen LogP contribution is 2.45. The minimum absolute atomic E-state index is 0.548. The van der Waals surface area contributed by atoms with Crippen molar-refractivity contribution in [2.24, 2.45) is 0 Å². The van der Waals surface area contributed by atoms with E-state index in [1.165, 1.54) is 0 Å². The highest BCUT2D eigenvalue weighted by molar-refractivity contribution is 8.08. The number of hydrogen-bond acceptors (Lipinski definition) is 1. The van der Waals surface area contributed by atoms with Gasteiger partial charge >= 0.3 is 0 Å². The normalized spacial score (nSPS) is 10.5. The molecule has 0 aliphatic carbocycles. The second-order valence-electron chi connectivity index (χ2n) is 3.50. The summed E-state index contributed by atoms with van der Waals surface area (Å²) < 4.78 is 5.68. The van der Waals surface area contributed by atoms with Crippen molar-refractivity contribution in [1.29, 1.82) is 0 Å². The van der Waals surface area contributed by atoms with Crippen LogP contribution in [0, 0.1) is 0 Å². The van der Waals surface area contributed by atoms with E-state index in [1.54, 1.807) is 0 Å². The maximum atomic E-state index is 5.87. The van der Waals surface area contributed by atoms with Crippen molar-refractivity contribution >= 4 is 34.4 Å². The predicted molar refractivity (Wildman–Crippen MR) is 75.5 cm³/mol. The summed E-state index contributed by atoms with van der Waals surface area (Å²) >= 11 is 11.7. The zero-order chi connectivity index (χ0) is 12.1. The molecule has 0 heterocycles. The maximum Gasteiger partial charge on any atom is 0.120 e. The average Bonchev–Trinajstić information content (AvgIpc) is 2.38. The quantitative estimate of drug-likeness (QED) is 0.741. The highest BCUT2D eigenvalue weighted by Gasteiger charge is 2.04. The molecule has 0 N–H and O–H groups in total. The highest BCUT2D eigenvalue weighted by atomic mass is 35.9. The Hall–Kier alpha value is -0.750. The van der Waals surface area contributed by atoms with Crippen LogP contribution in [0.2, 0.25) is 0 Å². The van der Waals surface area contributed by atoms with Gasteiger partial charge in [0.15, 0.2) is 0 Å². The molecule has 0 aliphatic rings. The van der Waals surface area contributed by atoms with Crippen LogP contribution in [0.3, 0.4) is 0 Å². The van der Waals surface area contributed by atoms with E-state index in [1.807, 2.05) is 54.6 Å². The molecule has 4 heteroatoms. The van der Waals surface area contributed by atoms with E-state index in [0.717, 1.165) is 16.6 Å². The van der Waals surface area contributed by atoms with Gasteiger partial charge in [-0.25, -0.2) is 0 Å². The summed E-state index contributed by atoms with van der Waals surface area (Å²) in [6.07, 6.45) is 0. The van der Waals surface area contributed by atoms with Crippen molar-refractivity contribution in [3.63, 3.8) is 0 Å². The predicted octanol–water partition coefficient (Wildman–Crippen LogP) is 4.68. The summed E-state index contributed by atoms with van der Waals surface area (Å²) in [6.45, 7) is -0.564. The Kier molecular flexibility index (Phi) is 4.67. The van der Waals surface area contributed by atoms with E-state index in [9.17, 15) is 0 Å². The molecule has 0 atom stereocenters. The van der Waals surface area contributed by atoms with Crippen molar-refractivity contribution < 1.29 is 4.74 Å². The lowest BCUT2D eigenvalue weighted by atomic mass is 10.2. The fourth-order valence-electron chi connectivity index (χ4n) is 1.42. The molecule has 0 spiro atoms. The molecular formula is C13H11Cl2OP. The standard InChI is InChI=1S/C13H11Cl2OP/c14-17(15)13-8-4-7-12(9-13)16-10-11-5-2-1-3-6-11/h1-9H,10H2. The van der Waals surface area contributed by atoms with Gasteiger partial charge in [-0.3, -0.25) is 0 Å². The summed E-state index contributed by atoms with van der Waals surface area (Å²) in [5.41, 5.74) is 1.14. The molecule has 0 saturated heterocycles. The first-order valence-corrected chi connectivity index (χ1v) is 8.29. The van der Waals surface area contributed by atoms with Crippen LogP contribution in [0.5, 0.6) is 5.75 Å². The molecule has 0 bridgehead atoms. The van der Waals surface area contributed by atoms with Crippen LogP contribution < -0.4 is 10.0 Å². The van der Waals surface area contributed by atoms with Gasteiger partial charge in [-0.2, -0.15) is 0 Å². The summed E-state index contributed by atoms with van der Waals surface area (Å²) in [6, 6.07) is 17.6. The molecule has 0 aliphatic heterocycles. The van der Waals surface area contributed by atoms with Crippen molar-refractivity contribution in [3.8, 4) is 5.75 Å². The van der Waals surface area contributed by atoms with Gasteiger partial charge in [0, 0.05) is 5.30 Å². The zero-order valence-electron chi connectivity index (χ0n) is 9.01. The number of hydrogen-bond donors (Lipinski definition) is 0. The molecule has 0 unspecified atom stereocenters. The first kappa shape index (κ1) is 12.7. The van der Waals surface area contributed by atoms with Crippen molar-refractivity contribution in [2.75, 3.05) is 0 Å². The molecule has 0 saturated carbocycles. The van der Waals surface area contributed by atoms with E-state index >= 15 is 0 Å². The SMILES string of the molecule is ClP(Cl)c1cccc(OCc2ccccc2)c1. The smallest absolute Gasteiger partial charge is 0.120 e. The van der Waals surface area contributed by atoms with E-state index < -0.39 is 6.63 Å². The van der Waals surface area contributed by atoms with E-state index in [4.69, 9.17) is 27.2 Å². The molecule has 0 radical (unpaired) electrons. The van der Waals surface area contributed by atoms with E-state index in [-0.39, 0.29) is 0 Å². The Balaban J connectivity index is 2.02. The third-order valence-corrected chi connectivity index (χ3v) is 4.10. The minimum atomic E-state index is -1.11. The number of ether oxygens (including phenoxy) is 1. The van der Waals surface area contributed by atoms with Crippen LogP contribution in [-0.2, 0) is 6.61 Å². The Morgan fingerprint density at radius 1 is 0.941 bits per heavy atom. The second kappa shape index (κ2) is 6.26. The first-order chi connectivity index (χ1) is 8.25. The van der Waals surface area contributed by atoms with Gasteiger partial charge in [-0.1, -0.05) is 64.9 Å². The summed E-state index contributed by atoms with van der Waals surface area (Å²) in [5.74, 6) is 0.792. The van der Waals surface area contributed by atoms with Crippen molar-refractivity contribution in [1.82, 2.24) is 0 Å². The average molecular weight is 285 g/mol. The lowest BCUT2D eigenvalue weighted by molar-refractivity contribution is 0.306. The molecule has 88 valence electrons. The van der Waals surface area contributed by atoms with E-state index in [0.29, 0.717) is 6.61 Å². The molecule has 2 aromatic carbocycles. The largest absolute Gasteiger partial charge is 0.489 e. The van der Waals surface area contributed by atoms with Gasteiger partial charge in [0.05, 0.1) is 0 Å². The lowest BCUT2D eigenvalue weighted by Gasteiger charge is -2.08. The third kappa shape index (κ3) is 3.89. The van der Waals surface area contributed by atoms with Crippen LogP contribution in [0.4, 0.5) is 0 Å². The number of halogens is 2. The fraction of sp³-hybridized carbons (Fsp3) is 0.0769. The van der Waals surface area contributed by atoms with Crippen LogP contribution in [-0.4, -0.2) is 0 Å².